The van der Waals surface area contributed by atoms with Gasteiger partial charge in [0.25, 0.3) is 0 Å². The Morgan fingerprint density at radius 2 is 1.95 bits per heavy atom. The minimum atomic E-state index is -0.472. The van der Waals surface area contributed by atoms with Crippen molar-refractivity contribution in [2.75, 3.05) is 7.11 Å². The Morgan fingerprint density at radius 3 is 2.67 bits per heavy atom. The summed E-state index contributed by atoms with van der Waals surface area (Å²) < 4.78 is 10.3. The van der Waals surface area contributed by atoms with E-state index in [1.807, 2.05) is 18.2 Å². The maximum atomic E-state index is 11.6. The normalized spacial score (nSPS) is 9.95. The minimum absolute atomic E-state index is 0.139. The Morgan fingerprint density at radius 1 is 1.19 bits per heavy atom. The van der Waals surface area contributed by atoms with Crippen molar-refractivity contribution >= 4 is 11.5 Å². The zero-order valence-corrected chi connectivity index (χ0v) is 11.7. The molecule has 2 aromatic rings. The molecular weight excluding hydrogens is 268 g/mol. The van der Waals surface area contributed by atoms with E-state index in [1.165, 1.54) is 13.2 Å². The first-order valence-corrected chi connectivity index (χ1v) is 6.39. The van der Waals surface area contributed by atoms with Gasteiger partial charge in [0.15, 0.2) is 0 Å². The number of aromatic hydroxyl groups is 1. The summed E-state index contributed by atoms with van der Waals surface area (Å²) in [6.45, 7) is 4.01. The topological polar surface area (TPSA) is 55.8 Å². The Balaban J connectivity index is 2.17. The van der Waals surface area contributed by atoms with Crippen molar-refractivity contribution in [3.63, 3.8) is 0 Å². The summed E-state index contributed by atoms with van der Waals surface area (Å²) >= 11 is 0. The zero-order chi connectivity index (χ0) is 15.2. The highest BCUT2D eigenvalue weighted by Crippen LogP contribution is 2.22. The van der Waals surface area contributed by atoms with Gasteiger partial charge in [-0.1, -0.05) is 36.9 Å². The fraction of sp³-hybridized carbons (Fsp3) is 0.118. The van der Waals surface area contributed by atoms with Crippen LogP contribution in [0.15, 0.2) is 55.1 Å². The number of benzene rings is 2. The fourth-order valence-electron chi connectivity index (χ4n) is 1.91. The number of hydrogen-bond acceptors (Lipinski definition) is 4. The van der Waals surface area contributed by atoms with Crippen LogP contribution in [-0.2, 0) is 16.1 Å². The number of phenols is 1. The molecule has 0 fully saturated rings. The maximum absolute atomic E-state index is 11.6. The summed E-state index contributed by atoms with van der Waals surface area (Å²) in [5.74, 6) is 0.216. The van der Waals surface area contributed by atoms with Crippen LogP contribution in [-0.4, -0.2) is 18.2 Å². The highest BCUT2D eigenvalue weighted by Gasteiger charge is 2.13. The van der Waals surface area contributed by atoms with E-state index in [0.717, 1.165) is 5.56 Å². The van der Waals surface area contributed by atoms with Crippen LogP contribution in [0.3, 0.4) is 0 Å². The van der Waals surface area contributed by atoms with E-state index in [9.17, 15) is 9.90 Å². The molecule has 108 valence electrons. The van der Waals surface area contributed by atoms with Gasteiger partial charge in [0.1, 0.15) is 18.1 Å². The predicted octanol–water partition coefficient (Wildman–Crippen LogP) is 3.16. The number of esters is 1. The Labute approximate surface area is 123 Å². The number of carbonyl (C=O) groups is 1. The smallest absolute Gasteiger partial charge is 0.337 e. The van der Waals surface area contributed by atoms with E-state index in [0.29, 0.717) is 11.3 Å². The molecule has 4 nitrogen and oxygen atoms in total. The SMILES string of the molecule is C=C(C(=O)OC)c1ccccc1COc1cccc(O)c1. The summed E-state index contributed by atoms with van der Waals surface area (Å²) in [6, 6.07) is 13.9. The molecular formula is C17H16O4. The molecule has 0 radical (unpaired) electrons. The van der Waals surface area contributed by atoms with E-state index >= 15 is 0 Å². The minimum Gasteiger partial charge on any atom is -0.508 e. The first-order valence-electron chi connectivity index (χ1n) is 6.39. The average Bonchev–Trinajstić information content (AvgIpc) is 2.52. The van der Waals surface area contributed by atoms with Gasteiger partial charge in [-0.3, -0.25) is 0 Å². The number of methoxy groups -OCH3 is 1. The first-order chi connectivity index (χ1) is 10.1. The van der Waals surface area contributed by atoms with Gasteiger partial charge in [-0.15, -0.1) is 0 Å². The number of rotatable bonds is 5. The molecule has 0 saturated carbocycles. The predicted molar refractivity (Wildman–Crippen MR) is 79.9 cm³/mol. The van der Waals surface area contributed by atoms with Crippen molar-refractivity contribution < 1.29 is 19.4 Å². The van der Waals surface area contributed by atoms with Crippen molar-refractivity contribution in [1.82, 2.24) is 0 Å². The van der Waals surface area contributed by atoms with Gasteiger partial charge in [-0.05, 0) is 23.3 Å². The van der Waals surface area contributed by atoms with Crippen molar-refractivity contribution in [1.29, 1.82) is 0 Å². The fourth-order valence-corrected chi connectivity index (χ4v) is 1.91. The molecule has 2 aromatic carbocycles. The molecule has 0 saturated heterocycles. The lowest BCUT2D eigenvalue weighted by Gasteiger charge is -2.12. The van der Waals surface area contributed by atoms with Gasteiger partial charge in [0, 0.05) is 6.07 Å². The molecule has 0 heterocycles. The van der Waals surface area contributed by atoms with Crippen LogP contribution in [0.2, 0.25) is 0 Å². The van der Waals surface area contributed by atoms with Gasteiger partial charge >= 0.3 is 5.97 Å². The summed E-state index contributed by atoms with van der Waals surface area (Å²) in [6.07, 6.45) is 0. The molecule has 0 aromatic heterocycles. The van der Waals surface area contributed by atoms with Crippen LogP contribution in [0.1, 0.15) is 11.1 Å². The molecule has 0 amide bonds. The van der Waals surface area contributed by atoms with Crippen LogP contribution in [0, 0.1) is 0 Å². The van der Waals surface area contributed by atoms with Gasteiger partial charge in [0.05, 0.1) is 12.7 Å². The second kappa shape index (κ2) is 6.61. The summed E-state index contributed by atoms with van der Waals surface area (Å²) in [7, 11) is 1.32. The Kier molecular flexibility index (Phi) is 4.61. The van der Waals surface area contributed by atoms with E-state index in [-0.39, 0.29) is 17.9 Å². The standard InChI is InChI=1S/C17H16O4/c1-12(17(19)20-2)16-9-4-3-6-13(16)11-21-15-8-5-7-14(18)10-15/h3-10,18H,1,11H2,2H3. The molecule has 0 atom stereocenters. The largest absolute Gasteiger partial charge is 0.508 e. The number of carbonyl (C=O) groups excluding carboxylic acids is 1. The first kappa shape index (κ1) is 14.7. The maximum Gasteiger partial charge on any atom is 0.337 e. The number of phenolic OH excluding ortho intramolecular Hbond substituents is 1. The lowest BCUT2D eigenvalue weighted by molar-refractivity contribution is -0.133. The number of ether oxygens (including phenoxy) is 2. The third kappa shape index (κ3) is 3.63. The summed E-state index contributed by atoms with van der Waals surface area (Å²) in [4.78, 5) is 11.6. The molecule has 0 unspecified atom stereocenters. The lowest BCUT2D eigenvalue weighted by atomic mass is 10.0. The van der Waals surface area contributed by atoms with Crippen molar-refractivity contribution in [2.24, 2.45) is 0 Å². The summed E-state index contributed by atoms with van der Waals surface area (Å²) in [5, 5.41) is 9.40. The van der Waals surface area contributed by atoms with Crippen LogP contribution in [0.4, 0.5) is 0 Å². The van der Waals surface area contributed by atoms with Crippen molar-refractivity contribution in [3.05, 3.63) is 66.2 Å². The third-order valence-corrected chi connectivity index (χ3v) is 2.99. The second-order valence-electron chi connectivity index (χ2n) is 4.41. The Hall–Kier alpha value is -2.75. The van der Waals surface area contributed by atoms with Crippen LogP contribution >= 0.6 is 0 Å². The molecule has 0 spiro atoms. The zero-order valence-electron chi connectivity index (χ0n) is 11.7. The molecule has 1 N–H and O–H groups in total. The molecule has 2 rings (SSSR count). The molecule has 0 aliphatic rings. The third-order valence-electron chi connectivity index (χ3n) is 2.99. The van der Waals surface area contributed by atoms with E-state index in [1.54, 1.807) is 24.3 Å². The Bertz CT molecular complexity index is 661. The highest BCUT2D eigenvalue weighted by molar-refractivity contribution is 6.15. The second-order valence-corrected chi connectivity index (χ2v) is 4.41. The van der Waals surface area contributed by atoms with Crippen LogP contribution < -0.4 is 4.74 Å². The monoisotopic (exact) mass is 284 g/mol. The van der Waals surface area contributed by atoms with Gasteiger partial charge in [-0.2, -0.15) is 0 Å². The molecule has 21 heavy (non-hydrogen) atoms. The van der Waals surface area contributed by atoms with Crippen LogP contribution in [0.25, 0.3) is 5.57 Å². The van der Waals surface area contributed by atoms with E-state index in [2.05, 4.69) is 11.3 Å². The molecule has 4 heteroatoms. The van der Waals surface area contributed by atoms with E-state index < -0.39 is 5.97 Å². The molecule has 0 aliphatic carbocycles. The molecule has 0 aliphatic heterocycles. The average molecular weight is 284 g/mol. The quantitative estimate of drug-likeness (QED) is 0.677. The van der Waals surface area contributed by atoms with Gasteiger partial charge < -0.3 is 14.6 Å². The van der Waals surface area contributed by atoms with Crippen molar-refractivity contribution in [3.8, 4) is 11.5 Å². The number of hydrogen-bond donors (Lipinski definition) is 1. The van der Waals surface area contributed by atoms with Crippen molar-refractivity contribution in [2.45, 2.75) is 6.61 Å². The van der Waals surface area contributed by atoms with E-state index in [4.69, 9.17) is 4.74 Å². The van der Waals surface area contributed by atoms with Gasteiger partial charge in [0.2, 0.25) is 0 Å². The molecule has 0 bridgehead atoms. The van der Waals surface area contributed by atoms with Gasteiger partial charge in [-0.25, -0.2) is 4.79 Å². The lowest BCUT2D eigenvalue weighted by Crippen LogP contribution is -2.06. The van der Waals surface area contributed by atoms with Crippen LogP contribution in [0.5, 0.6) is 11.5 Å². The summed E-state index contributed by atoms with van der Waals surface area (Å²) in [5.41, 5.74) is 1.79. The highest BCUT2D eigenvalue weighted by atomic mass is 16.5.